The summed E-state index contributed by atoms with van der Waals surface area (Å²) >= 11 is 1.12. The van der Waals surface area contributed by atoms with Crippen LogP contribution in [-0.2, 0) is 11.2 Å². The Morgan fingerprint density at radius 3 is 2.50 bits per heavy atom. The van der Waals surface area contributed by atoms with E-state index in [0.29, 0.717) is 10.9 Å². The fourth-order valence-electron chi connectivity index (χ4n) is 3.47. The van der Waals surface area contributed by atoms with E-state index in [2.05, 4.69) is 10.3 Å². The van der Waals surface area contributed by atoms with Crippen LogP contribution in [0.5, 0.6) is 5.75 Å². The summed E-state index contributed by atoms with van der Waals surface area (Å²) in [5.74, 6) is -1.30. The first-order valence-corrected chi connectivity index (χ1v) is 9.76. The van der Waals surface area contributed by atoms with Crippen molar-refractivity contribution >= 4 is 16.9 Å². The van der Waals surface area contributed by atoms with Crippen molar-refractivity contribution in [2.24, 2.45) is 10.9 Å². The van der Waals surface area contributed by atoms with Gasteiger partial charge < -0.3 is 25.0 Å². The molecule has 0 radical (unpaired) electrons. The number of amidine groups is 1. The quantitative estimate of drug-likeness (QED) is 0.676. The molecule has 2 aliphatic heterocycles. The van der Waals surface area contributed by atoms with Gasteiger partial charge in [-0.1, -0.05) is 23.9 Å². The van der Waals surface area contributed by atoms with E-state index < -0.39 is 41.9 Å². The molecule has 0 aliphatic carbocycles. The Bertz CT molecular complexity index is 701. The van der Waals surface area contributed by atoms with E-state index in [1.807, 2.05) is 0 Å². The maximum atomic E-state index is 13.8. The number of nitrogens with one attached hydrogen (secondary N) is 1. The fraction of sp³-hybridized carbons (Fsp3) is 0.611. The third-order valence-electron chi connectivity index (χ3n) is 5.03. The maximum Gasteiger partial charge on any atom is 0.394 e. The van der Waals surface area contributed by atoms with E-state index in [1.54, 1.807) is 31.3 Å². The summed E-state index contributed by atoms with van der Waals surface area (Å²) in [5, 5.41) is 23.9. The molecule has 6 nitrogen and oxygen atoms in total. The van der Waals surface area contributed by atoms with Crippen LogP contribution in [0.25, 0.3) is 0 Å². The minimum Gasteiger partial charge on any atom is -0.497 e. The number of aliphatic hydroxyl groups excluding tert-OH is 2. The molecule has 0 aromatic heterocycles. The first kappa shape index (κ1) is 21.2. The lowest BCUT2D eigenvalue weighted by Gasteiger charge is -2.42. The highest BCUT2D eigenvalue weighted by Gasteiger charge is 2.55. The van der Waals surface area contributed by atoms with Gasteiger partial charge in [0.1, 0.15) is 29.4 Å². The largest absolute Gasteiger partial charge is 0.497 e. The second-order valence-corrected chi connectivity index (χ2v) is 7.86. The van der Waals surface area contributed by atoms with E-state index >= 15 is 0 Å². The summed E-state index contributed by atoms with van der Waals surface area (Å²) in [4.78, 5) is 4.17. The molecule has 6 atom stereocenters. The summed E-state index contributed by atoms with van der Waals surface area (Å²) in [6, 6.07) is 5.98. The topological polar surface area (TPSA) is 83.3 Å². The molecule has 1 fully saturated rings. The Kier molecular flexibility index (Phi) is 6.43. The number of hydrogen-bond donors (Lipinski definition) is 3. The zero-order valence-corrected chi connectivity index (χ0v) is 16.2. The van der Waals surface area contributed by atoms with Crippen molar-refractivity contribution in [2.45, 2.75) is 48.8 Å². The third kappa shape index (κ3) is 4.40. The number of nitrogens with zero attached hydrogens (tertiary/aromatic N) is 1. The van der Waals surface area contributed by atoms with E-state index in [0.717, 1.165) is 17.3 Å². The minimum atomic E-state index is -4.58. The van der Waals surface area contributed by atoms with Gasteiger partial charge in [-0.25, -0.2) is 0 Å². The van der Waals surface area contributed by atoms with Crippen molar-refractivity contribution in [1.29, 1.82) is 0 Å². The molecule has 1 saturated heterocycles. The third-order valence-corrected chi connectivity index (χ3v) is 6.19. The molecule has 0 amide bonds. The Morgan fingerprint density at radius 2 is 1.93 bits per heavy atom. The Balaban J connectivity index is 1.74. The number of alkyl halides is 3. The summed E-state index contributed by atoms with van der Waals surface area (Å²) in [5.41, 5.74) is -0.0495. The molecule has 1 aromatic carbocycles. The van der Waals surface area contributed by atoms with Crippen LogP contribution in [0.15, 0.2) is 29.3 Å². The molecule has 3 rings (SSSR count). The van der Waals surface area contributed by atoms with Gasteiger partial charge in [0.05, 0.1) is 19.1 Å². The van der Waals surface area contributed by atoms with Crippen molar-refractivity contribution < 1.29 is 32.9 Å². The van der Waals surface area contributed by atoms with E-state index in [9.17, 15) is 23.4 Å². The van der Waals surface area contributed by atoms with Crippen molar-refractivity contribution in [3.63, 3.8) is 0 Å². The molecular weight excluding hydrogens is 397 g/mol. The normalized spacial score (nSPS) is 31.1. The van der Waals surface area contributed by atoms with Gasteiger partial charge >= 0.3 is 6.18 Å². The summed E-state index contributed by atoms with van der Waals surface area (Å²) in [6.45, 7) is 0. The second kappa shape index (κ2) is 8.48. The van der Waals surface area contributed by atoms with Gasteiger partial charge in [0, 0.05) is 7.05 Å². The minimum absolute atomic E-state index is 0.149. The molecule has 2 heterocycles. The van der Waals surface area contributed by atoms with Crippen LogP contribution in [0.1, 0.15) is 12.0 Å². The van der Waals surface area contributed by atoms with Crippen molar-refractivity contribution in [3.8, 4) is 5.75 Å². The number of thioether (sulfide) groups is 1. The van der Waals surface area contributed by atoms with Crippen LogP contribution in [0.3, 0.4) is 0 Å². The number of hydrogen-bond acceptors (Lipinski definition) is 7. The SMILES string of the molecule is CNC1=N[C@@H]2[C@@H](O)[C@H](O)[C@@H]([C@H](CCc3ccc(OC)cc3)C(F)(F)F)O[C@@H]2S1. The lowest BCUT2D eigenvalue weighted by Crippen LogP contribution is -2.59. The molecule has 2 aliphatic rings. The molecule has 0 spiro atoms. The predicted octanol–water partition coefficient (Wildman–Crippen LogP) is 1.94. The van der Waals surface area contributed by atoms with Gasteiger partial charge in [-0.3, -0.25) is 4.99 Å². The van der Waals surface area contributed by atoms with Gasteiger partial charge in [-0.05, 0) is 30.5 Å². The number of halogens is 3. The molecule has 10 heteroatoms. The molecular formula is C18H23F3N2O4S. The molecule has 156 valence electrons. The number of ether oxygens (including phenoxy) is 2. The van der Waals surface area contributed by atoms with Crippen LogP contribution in [0.4, 0.5) is 13.2 Å². The predicted molar refractivity (Wildman–Crippen MR) is 99.4 cm³/mol. The van der Waals surface area contributed by atoms with Crippen LogP contribution in [0, 0.1) is 5.92 Å². The first-order chi connectivity index (χ1) is 13.2. The molecule has 0 unspecified atom stereocenters. The van der Waals surface area contributed by atoms with Crippen molar-refractivity contribution in [3.05, 3.63) is 29.8 Å². The standard InChI is InChI=1S/C18H23F3N2O4S/c1-22-17-23-12-13(24)14(25)15(27-16(12)28-17)11(18(19,20)21)8-5-9-3-6-10(26-2)7-4-9/h3-4,6-7,11-16,24-25H,5,8H2,1-2H3,(H,22,23)/t11-,12+,13+,14-,15+,16+/m0/s1. The highest BCUT2D eigenvalue weighted by atomic mass is 32.2. The number of aliphatic imine (C=N–C) groups is 1. The molecule has 3 N–H and O–H groups in total. The molecule has 0 bridgehead atoms. The highest BCUT2D eigenvalue weighted by molar-refractivity contribution is 8.14. The lowest BCUT2D eigenvalue weighted by molar-refractivity contribution is -0.250. The van der Waals surface area contributed by atoms with Crippen molar-refractivity contribution in [2.75, 3.05) is 14.2 Å². The maximum absolute atomic E-state index is 13.8. The number of aryl methyl sites for hydroxylation is 1. The van der Waals surface area contributed by atoms with Gasteiger partial charge in [-0.15, -0.1) is 0 Å². The van der Waals surface area contributed by atoms with Gasteiger partial charge in [0.15, 0.2) is 5.17 Å². The lowest BCUT2D eigenvalue weighted by atomic mass is 9.85. The van der Waals surface area contributed by atoms with E-state index in [1.165, 1.54) is 7.11 Å². The Morgan fingerprint density at radius 1 is 1.25 bits per heavy atom. The van der Waals surface area contributed by atoms with Gasteiger partial charge in [-0.2, -0.15) is 13.2 Å². The van der Waals surface area contributed by atoms with Crippen LogP contribution >= 0.6 is 11.8 Å². The zero-order valence-electron chi connectivity index (χ0n) is 15.4. The number of methoxy groups -OCH3 is 1. The van der Waals surface area contributed by atoms with Crippen LogP contribution in [-0.4, -0.2) is 65.5 Å². The van der Waals surface area contributed by atoms with Gasteiger partial charge in [0.25, 0.3) is 0 Å². The average molecular weight is 420 g/mol. The first-order valence-electron chi connectivity index (χ1n) is 8.88. The van der Waals surface area contributed by atoms with E-state index in [-0.39, 0.29) is 12.8 Å². The van der Waals surface area contributed by atoms with E-state index in [4.69, 9.17) is 9.47 Å². The zero-order chi connectivity index (χ0) is 20.5. The number of aliphatic hydroxyl groups is 2. The number of benzene rings is 1. The Hall–Kier alpha value is -1.49. The Labute approximate surface area is 165 Å². The fourth-order valence-corrected chi connectivity index (χ4v) is 4.53. The van der Waals surface area contributed by atoms with Gasteiger partial charge in [0.2, 0.25) is 0 Å². The van der Waals surface area contributed by atoms with Crippen LogP contribution in [0.2, 0.25) is 0 Å². The summed E-state index contributed by atoms with van der Waals surface area (Å²) in [7, 11) is 3.14. The summed E-state index contributed by atoms with van der Waals surface area (Å²) in [6.07, 6.45) is -9.37. The number of rotatable bonds is 5. The summed E-state index contributed by atoms with van der Waals surface area (Å²) < 4.78 is 52.0. The second-order valence-electron chi connectivity index (χ2n) is 6.78. The smallest absolute Gasteiger partial charge is 0.394 e. The molecule has 0 saturated carbocycles. The molecule has 1 aromatic rings. The van der Waals surface area contributed by atoms with Crippen LogP contribution < -0.4 is 10.1 Å². The average Bonchev–Trinajstić information content (AvgIpc) is 3.08. The molecule has 28 heavy (non-hydrogen) atoms. The highest BCUT2D eigenvalue weighted by Crippen LogP contribution is 2.43. The van der Waals surface area contributed by atoms with Crippen molar-refractivity contribution in [1.82, 2.24) is 5.32 Å². The monoisotopic (exact) mass is 420 g/mol. The number of fused-ring (bicyclic) bond motifs is 1.